The average molecular weight is 441 g/mol. The maximum Gasteiger partial charge on any atom is 0.399 e. The summed E-state index contributed by atoms with van der Waals surface area (Å²) in [6, 6.07) is 3.81. The molecule has 5 nitrogen and oxygen atoms in total. The van der Waals surface area contributed by atoms with Crippen molar-refractivity contribution in [3.05, 3.63) is 47.2 Å². The number of nitrogens with one attached hydrogen (secondary N) is 3. The lowest BCUT2D eigenvalue weighted by Crippen LogP contribution is -2.40. The Kier molecular flexibility index (Phi) is 5.26. The summed E-state index contributed by atoms with van der Waals surface area (Å²) in [5, 5.41) is 5.20. The van der Waals surface area contributed by atoms with E-state index in [4.69, 9.17) is 0 Å². The number of carbonyl (C=O) groups excluding carboxylic acids is 2. The molecule has 31 heavy (non-hydrogen) atoms. The molecule has 0 radical (unpaired) electrons. The van der Waals surface area contributed by atoms with Crippen molar-refractivity contribution in [3.63, 3.8) is 0 Å². The first-order valence-electron chi connectivity index (χ1n) is 9.92. The molecular formula is C21H20F5N3O2. The number of hydrogen-bond donors (Lipinski definition) is 3. The van der Waals surface area contributed by atoms with E-state index in [1.54, 1.807) is 0 Å². The summed E-state index contributed by atoms with van der Waals surface area (Å²) in [4.78, 5) is 26.6. The van der Waals surface area contributed by atoms with Crippen LogP contribution >= 0.6 is 0 Å². The second-order valence-corrected chi connectivity index (χ2v) is 7.99. The van der Waals surface area contributed by atoms with Gasteiger partial charge in [-0.25, -0.2) is 8.78 Å². The Morgan fingerprint density at radius 3 is 2.48 bits per heavy atom. The Bertz CT molecular complexity index is 1030. The number of hydrogen-bond acceptors (Lipinski definition) is 2. The topological polar surface area (TPSA) is 74.0 Å². The lowest BCUT2D eigenvalue weighted by molar-refractivity contribution is -0.161. The van der Waals surface area contributed by atoms with E-state index in [1.165, 1.54) is 12.1 Å². The molecule has 2 aromatic rings. The number of carbonyl (C=O) groups is 2. The molecule has 2 amide bonds. The molecule has 1 aromatic heterocycles. The van der Waals surface area contributed by atoms with Crippen LogP contribution in [0.3, 0.4) is 0 Å². The number of benzene rings is 1. The molecule has 1 saturated carbocycles. The minimum atomic E-state index is -4.45. The van der Waals surface area contributed by atoms with E-state index in [0.717, 1.165) is 12.1 Å². The van der Waals surface area contributed by atoms with E-state index in [0.29, 0.717) is 18.5 Å². The van der Waals surface area contributed by atoms with E-state index >= 15 is 0 Å². The Morgan fingerprint density at radius 1 is 1.16 bits per heavy atom. The Morgan fingerprint density at radius 2 is 1.90 bits per heavy atom. The summed E-state index contributed by atoms with van der Waals surface area (Å²) >= 11 is 0. The number of halogens is 5. The van der Waals surface area contributed by atoms with E-state index in [2.05, 4.69) is 15.6 Å². The van der Waals surface area contributed by atoms with Gasteiger partial charge in [-0.3, -0.25) is 9.59 Å². The second kappa shape index (κ2) is 7.65. The van der Waals surface area contributed by atoms with Gasteiger partial charge in [-0.05, 0) is 55.5 Å². The van der Waals surface area contributed by atoms with Crippen LogP contribution < -0.4 is 10.6 Å². The van der Waals surface area contributed by atoms with Crippen molar-refractivity contribution in [1.82, 2.24) is 15.6 Å². The molecule has 10 heteroatoms. The van der Waals surface area contributed by atoms with Gasteiger partial charge in [0.25, 0.3) is 0 Å². The smallest absolute Gasteiger partial charge is 0.357 e. The molecule has 1 unspecified atom stereocenters. The first-order chi connectivity index (χ1) is 14.6. The number of rotatable bonds is 6. The zero-order chi connectivity index (χ0) is 22.4. The third kappa shape index (κ3) is 4.03. The normalized spacial score (nSPS) is 19.9. The monoisotopic (exact) mass is 441 g/mol. The van der Waals surface area contributed by atoms with Gasteiger partial charge in [0.15, 0.2) is 11.6 Å². The van der Waals surface area contributed by atoms with Crippen LogP contribution in [0.4, 0.5) is 22.0 Å². The van der Waals surface area contributed by atoms with Crippen LogP contribution in [-0.4, -0.2) is 35.6 Å². The molecule has 2 aliphatic rings. The minimum absolute atomic E-state index is 0.0506. The highest BCUT2D eigenvalue weighted by Crippen LogP contribution is 2.59. The molecule has 1 saturated heterocycles. The van der Waals surface area contributed by atoms with Crippen LogP contribution in [0.2, 0.25) is 0 Å². The molecule has 0 bridgehead atoms. The van der Waals surface area contributed by atoms with E-state index in [9.17, 15) is 31.5 Å². The molecule has 2 fully saturated rings. The summed E-state index contributed by atoms with van der Waals surface area (Å²) < 4.78 is 67.8. The molecule has 1 atom stereocenters. The fourth-order valence-electron chi connectivity index (χ4n) is 3.94. The van der Waals surface area contributed by atoms with Gasteiger partial charge >= 0.3 is 6.18 Å². The number of H-pyrrole nitrogens is 1. The second-order valence-electron chi connectivity index (χ2n) is 7.99. The Labute approximate surface area is 174 Å². The molecule has 4 rings (SSSR count). The molecule has 166 valence electrons. The van der Waals surface area contributed by atoms with Crippen molar-refractivity contribution >= 4 is 11.8 Å². The van der Waals surface area contributed by atoms with Crippen molar-refractivity contribution in [2.75, 3.05) is 6.54 Å². The van der Waals surface area contributed by atoms with Crippen LogP contribution in [0.25, 0.3) is 11.3 Å². The molecule has 1 aromatic carbocycles. The van der Waals surface area contributed by atoms with Gasteiger partial charge in [-0.2, -0.15) is 13.2 Å². The van der Waals surface area contributed by atoms with Crippen molar-refractivity contribution < 1.29 is 31.5 Å². The first-order valence-corrected chi connectivity index (χ1v) is 9.92. The van der Waals surface area contributed by atoms with Gasteiger partial charge in [0.1, 0.15) is 11.5 Å². The molecule has 1 aliphatic carbocycles. The summed E-state index contributed by atoms with van der Waals surface area (Å²) in [5.74, 6) is -2.89. The number of aryl methyl sites for hydroxylation is 1. The van der Waals surface area contributed by atoms with Crippen molar-refractivity contribution in [2.45, 2.75) is 49.7 Å². The third-order valence-electron chi connectivity index (χ3n) is 5.92. The van der Waals surface area contributed by atoms with Crippen molar-refractivity contribution in [3.8, 4) is 11.3 Å². The SMILES string of the molecule is O=C(CCc1cc(C2(C(F)(F)F)CC2)[nH]c1-c1ccc(F)c(F)c1)NC1CCNC1=O. The number of aromatic amines is 1. The fraction of sp³-hybridized carbons (Fsp3) is 0.429. The van der Waals surface area contributed by atoms with Crippen LogP contribution in [-0.2, 0) is 21.4 Å². The largest absolute Gasteiger partial charge is 0.399 e. The Balaban J connectivity index is 1.60. The quantitative estimate of drug-likeness (QED) is 0.601. The summed E-state index contributed by atoms with van der Waals surface area (Å²) in [6.07, 6.45) is -4.12. The molecule has 0 spiro atoms. The zero-order valence-corrected chi connectivity index (χ0v) is 16.3. The fourth-order valence-corrected chi connectivity index (χ4v) is 3.94. The molecule has 3 N–H and O–H groups in total. The van der Waals surface area contributed by atoms with Crippen LogP contribution in [0.1, 0.15) is 36.9 Å². The van der Waals surface area contributed by atoms with Gasteiger partial charge in [0.2, 0.25) is 11.8 Å². The van der Waals surface area contributed by atoms with Gasteiger partial charge in [0.05, 0.1) is 0 Å². The zero-order valence-electron chi connectivity index (χ0n) is 16.3. The number of amides is 2. The van der Waals surface area contributed by atoms with Gasteiger partial charge < -0.3 is 15.6 Å². The van der Waals surface area contributed by atoms with Crippen LogP contribution in [0.5, 0.6) is 0 Å². The lowest BCUT2D eigenvalue weighted by Gasteiger charge is -2.17. The lowest BCUT2D eigenvalue weighted by atomic mass is 10.00. The third-order valence-corrected chi connectivity index (χ3v) is 5.92. The van der Waals surface area contributed by atoms with Gasteiger partial charge in [-0.1, -0.05) is 0 Å². The van der Waals surface area contributed by atoms with Gasteiger partial charge in [-0.15, -0.1) is 0 Å². The van der Waals surface area contributed by atoms with Gasteiger partial charge in [0, 0.05) is 29.9 Å². The minimum Gasteiger partial charge on any atom is -0.357 e. The predicted molar refractivity (Wildman–Crippen MR) is 101 cm³/mol. The maximum absolute atomic E-state index is 13.7. The van der Waals surface area contributed by atoms with Crippen molar-refractivity contribution in [1.29, 1.82) is 0 Å². The summed E-state index contributed by atoms with van der Waals surface area (Å²) in [6.45, 7) is 0.463. The highest BCUT2D eigenvalue weighted by molar-refractivity contribution is 5.89. The maximum atomic E-state index is 13.7. The van der Waals surface area contributed by atoms with Crippen LogP contribution in [0.15, 0.2) is 24.3 Å². The first kappa shape index (κ1) is 21.3. The standard InChI is InChI=1S/C21H20F5N3O2/c22-13-3-1-11(9-14(13)23)18-12(2-4-17(30)28-15-5-8-27-19(15)31)10-16(29-18)20(6-7-20)21(24,25)26/h1,3,9-10,15,29H,2,4-8H2,(H,27,31)(H,28,30). The highest BCUT2D eigenvalue weighted by atomic mass is 19.4. The van der Waals surface area contributed by atoms with E-state index < -0.39 is 35.2 Å². The predicted octanol–water partition coefficient (Wildman–Crippen LogP) is 3.49. The summed E-state index contributed by atoms with van der Waals surface area (Å²) in [5.41, 5.74) is -1.24. The molecule has 1 aliphatic heterocycles. The van der Waals surface area contributed by atoms with Crippen LogP contribution in [0, 0.1) is 11.6 Å². The van der Waals surface area contributed by atoms with Crippen molar-refractivity contribution in [2.24, 2.45) is 0 Å². The summed E-state index contributed by atoms with van der Waals surface area (Å²) in [7, 11) is 0. The molecule has 2 heterocycles. The number of aromatic nitrogens is 1. The van der Waals surface area contributed by atoms with E-state index in [1.807, 2.05) is 0 Å². The Hall–Kier alpha value is -2.91. The average Bonchev–Trinajstić information content (AvgIpc) is 3.28. The van der Waals surface area contributed by atoms with E-state index in [-0.39, 0.29) is 48.5 Å². The molecular weight excluding hydrogens is 421 g/mol. The number of alkyl halides is 3. The highest BCUT2D eigenvalue weighted by Gasteiger charge is 2.65.